The van der Waals surface area contributed by atoms with Crippen LogP contribution in [0.5, 0.6) is 5.75 Å². The Balaban J connectivity index is 2.11. The largest absolute Gasteiger partial charge is 0.497 e. The number of H-pyrrole nitrogens is 1. The summed E-state index contributed by atoms with van der Waals surface area (Å²) in [7, 11) is 1.67. The van der Waals surface area contributed by atoms with Crippen LogP contribution in [0.4, 0.5) is 0 Å². The first-order valence-electron chi connectivity index (χ1n) is 6.12. The van der Waals surface area contributed by atoms with Gasteiger partial charge in [0, 0.05) is 23.7 Å². The molecule has 1 N–H and O–H groups in total. The topological polar surface area (TPSA) is 42.8 Å². The summed E-state index contributed by atoms with van der Waals surface area (Å²) < 4.78 is 7.19. The van der Waals surface area contributed by atoms with Gasteiger partial charge >= 0.3 is 0 Å². The fourth-order valence-corrected chi connectivity index (χ4v) is 2.18. The molecule has 0 saturated carbocycles. The summed E-state index contributed by atoms with van der Waals surface area (Å²) in [5.41, 5.74) is 3.28. The van der Waals surface area contributed by atoms with Gasteiger partial charge in [-0.3, -0.25) is 5.10 Å². The van der Waals surface area contributed by atoms with Crippen LogP contribution in [-0.2, 0) is 0 Å². The average Bonchev–Trinajstić information content (AvgIpc) is 3.08. The molecule has 0 fully saturated rings. The quantitative estimate of drug-likeness (QED) is 0.779. The molecule has 0 spiro atoms. The Hall–Kier alpha value is -2.49. The molecule has 0 saturated heterocycles. The van der Waals surface area contributed by atoms with Gasteiger partial charge in [0.05, 0.1) is 7.11 Å². The molecule has 0 aliphatic carbocycles. The van der Waals surface area contributed by atoms with E-state index in [1.54, 1.807) is 7.11 Å². The van der Waals surface area contributed by atoms with E-state index in [0.717, 1.165) is 28.4 Å². The molecule has 2 heterocycles. The van der Waals surface area contributed by atoms with E-state index in [2.05, 4.69) is 10.2 Å². The maximum Gasteiger partial charge on any atom is 0.166 e. The number of nitrogens with zero attached hydrogens (tertiary/aromatic N) is 2. The summed E-state index contributed by atoms with van der Waals surface area (Å²) in [6.07, 6.45) is 3.98. The van der Waals surface area contributed by atoms with E-state index in [1.165, 1.54) is 0 Å². The third-order valence-electron chi connectivity index (χ3n) is 3.16. The zero-order valence-corrected chi connectivity index (χ0v) is 10.9. The Morgan fingerprint density at radius 1 is 1.11 bits per heavy atom. The smallest absolute Gasteiger partial charge is 0.166 e. The zero-order chi connectivity index (χ0) is 13.2. The van der Waals surface area contributed by atoms with E-state index in [1.807, 2.05) is 60.3 Å². The van der Waals surface area contributed by atoms with Crippen LogP contribution in [0.15, 0.2) is 48.8 Å². The number of methoxy groups -OCH3 is 1. The highest BCUT2D eigenvalue weighted by Gasteiger charge is 2.13. The maximum absolute atomic E-state index is 5.19. The molecular weight excluding hydrogens is 238 g/mol. The monoisotopic (exact) mass is 253 g/mol. The summed E-state index contributed by atoms with van der Waals surface area (Å²) in [5.74, 6) is 1.76. The van der Waals surface area contributed by atoms with Gasteiger partial charge in [0.1, 0.15) is 5.75 Å². The summed E-state index contributed by atoms with van der Waals surface area (Å²) in [4.78, 5) is 0. The molecule has 4 heteroatoms. The van der Waals surface area contributed by atoms with E-state index in [4.69, 9.17) is 4.74 Å². The SMILES string of the molecule is COc1ccc(-c2c(-n3cccc3)n[nH]c2C)cc1. The van der Waals surface area contributed by atoms with Crippen LogP contribution < -0.4 is 4.74 Å². The number of aromatic amines is 1. The van der Waals surface area contributed by atoms with Crippen molar-refractivity contribution in [1.82, 2.24) is 14.8 Å². The molecule has 3 aromatic rings. The Kier molecular flexibility index (Phi) is 2.83. The molecule has 96 valence electrons. The second-order valence-corrected chi connectivity index (χ2v) is 4.37. The normalized spacial score (nSPS) is 10.6. The molecule has 0 atom stereocenters. The lowest BCUT2D eigenvalue weighted by molar-refractivity contribution is 0.415. The number of aryl methyl sites for hydroxylation is 1. The molecule has 1 aromatic carbocycles. The van der Waals surface area contributed by atoms with Crippen molar-refractivity contribution < 1.29 is 4.74 Å². The molecule has 0 radical (unpaired) electrons. The van der Waals surface area contributed by atoms with Gasteiger partial charge in [0.25, 0.3) is 0 Å². The van der Waals surface area contributed by atoms with Crippen molar-refractivity contribution in [3.8, 4) is 22.7 Å². The van der Waals surface area contributed by atoms with Crippen molar-refractivity contribution in [2.45, 2.75) is 6.92 Å². The molecule has 0 bridgehead atoms. The maximum atomic E-state index is 5.19. The summed E-state index contributed by atoms with van der Waals surface area (Å²) in [6, 6.07) is 12.0. The van der Waals surface area contributed by atoms with Gasteiger partial charge in [-0.15, -0.1) is 0 Å². The minimum atomic E-state index is 0.854. The lowest BCUT2D eigenvalue weighted by Crippen LogP contribution is -1.93. The third kappa shape index (κ3) is 2.01. The van der Waals surface area contributed by atoms with Crippen molar-refractivity contribution in [1.29, 1.82) is 0 Å². The van der Waals surface area contributed by atoms with Gasteiger partial charge in [-0.1, -0.05) is 12.1 Å². The number of ether oxygens (including phenoxy) is 1. The van der Waals surface area contributed by atoms with Crippen molar-refractivity contribution in [2.24, 2.45) is 0 Å². The van der Waals surface area contributed by atoms with Crippen molar-refractivity contribution >= 4 is 0 Å². The minimum Gasteiger partial charge on any atom is -0.497 e. The lowest BCUT2D eigenvalue weighted by atomic mass is 10.1. The second kappa shape index (κ2) is 4.65. The molecule has 0 aliphatic heterocycles. The van der Waals surface area contributed by atoms with Crippen LogP contribution in [0.3, 0.4) is 0 Å². The summed E-state index contributed by atoms with van der Waals surface area (Å²) in [6.45, 7) is 2.03. The fourth-order valence-electron chi connectivity index (χ4n) is 2.18. The Morgan fingerprint density at radius 2 is 1.79 bits per heavy atom. The van der Waals surface area contributed by atoms with Crippen LogP contribution in [0, 0.1) is 6.92 Å². The number of nitrogens with one attached hydrogen (secondary N) is 1. The average molecular weight is 253 g/mol. The standard InChI is InChI=1S/C15H15N3O/c1-11-14(12-5-7-13(19-2)8-6-12)15(17-16-11)18-9-3-4-10-18/h3-10H,1-2H3,(H,16,17). The number of hydrogen-bond donors (Lipinski definition) is 1. The molecular formula is C15H15N3O. The van der Waals surface area contributed by atoms with Gasteiger partial charge in [0.15, 0.2) is 5.82 Å². The van der Waals surface area contributed by atoms with Crippen molar-refractivity contribution in [3.63, 3.8) is 0 Å². The van der Waals surface area contributed by atoms with Crippen LogP contribution in [-0.4, -0.2) is 21.9 Å². The number of benzene rings is 1. The van der Waals surface area contributed by atoms with Crippen LogP contribution in [0.25, 0.3) is 16.9 Å². The zero-order valence-electron chi connectivity index (χ0n) is 10.9. The summed E-state index contributed by atoms with van der Waals surface area (Å²) in [5, 5.41) is 7.43. The highest BCUT2D eigenvalue weighted by Crippen LogP contribution is 2.29. The first kappa shape index (κ1) is 11.6. The first-order chi connectivity index (χ1) is 9.29. The van der Waals surface area contributed by atoms with Gasteiger partial charge in [-0.2, -0.15) is 5.10 Å². The van der Waals surface area contributed by atoms with Gasteiger partial charge in [0.2, 0.25) is 0 Å². The predicted octanol–water partition coefficient (Wildman–Crippen LogP) is 3.18. The highest BCUT2D eigenvalue weighted by molar-refractivity contribution is 5.73. The predicted molar refractivity (Wildman–Crippen MR) is 74.6 cm³/mol. The molecule has 0 unspecified atom stereocenters. The molecule has 19 heavy (non-hydrogen) atoms. The van der Waals surface area contributed by atoms with Crippen molar-refractivity contribution in [3.05, 3.63) is 54.5 Å². The number of rotatable bonds is 3. The molecule has 2 aromatic heterocycles. The molecule has 0 aliphatic rings. The van der Waals surface area contributed by atoms with E-state index in [0.29, 0.717) is 0 Å². The minimum absolute atomic E-state index is 0.854. The third-order valence-corrected chi connectivity index (χ3v) is 3.16. The Morgan fingerprint density at radius 3 is 2.42 bits per heavy atom. The highest BCUT2D eigenvalue weighted by atomic mass is 16.5. The van der Waals surface area contributed by atoms with Gasteiger partial charge < -0.3 is 9.30 Å². The van der Waals surface area contributed by atoms with Gasteiger partial charge in [-0.25, -0.2) is 0 Å². The van der Waals surface area contributed by atoms with E-state index in [9.17, 15) is 0 Å². The van der Waals surface area contributed by atoms with Crippen LogP contribution in [0.1, 0.15) is 5.69 Å². The Bertz CT molecular complexity index is 666. The van der Waals surface area contributed by atoms with E-state index < -0.39 is 0 Å². The molecule has 0 amide bonds. The van der Waals surface area contributed by atoms with Crippen molar-refractivity contribution in [2.75, 3.05) is 7.11 Å². The lowest BCUT2D eigenvalue weighted by Gasteiger charge is -2.06. The summed E-state index contributed by atoms with van der Waals surface area (Å²) >= 11 is 0. The van der Waals surface area contributed by atoms with Gasteiger partial charge in [-0.05, 0) is 36.8 Å². The van der Waals surface area contributed by atoms with E-state index >= 15 is 0 Å². The van der Waals surface area contributed by atoms with E-state index in [-0.39, 0.29) is 0 Å². The fraction of sp³-hybridized carbons (Fsp3) is 0.133. The number of hydrogen-bond acceptors (Lipinski definition) is 2. The van der Waals surface area contributed by atoms with Crippen LogP contribution in [0.2, 0.25) is 0 Å². The number of aromatic nitrogens is 3. The molecule has 4 nitrogen and oxygen atoms in total. The second-order valence-electron chi connectivity index (χ2n) is 4.37. The molecule has 3 rings (SSSR count). The Labute approximate surface area is 111 Å². The van der Waals surface area contributed by atoms with Crippen LogP contribution >= 0.6 is 0 Å². The first-order valence-corrected chi connectivity index (χ1v) is 6.12.